The Hall–Kier alpha value is -1.35. The zero-order valence-electron chi connectivity index (χ0n) is 9.36. The number of hydrogen-bond donors (Lipinski definition) is 1. The minimum Gasteiger partial charge on any atom is -0.375 e. The number of rotatable bonds is 6. The number of anilines is 1. The van der Waals surface area contributed by atoms with Gasteiger partial charge in [-0.15, -0.1) is 0 Å². The van der Waals surface area contributed by atoms with E-state index in [4.69, 9.17) is 0 Å². The molecule has 0 bridgehead atoms. The van der Waals surface area contributed by atoms with E-state index in [0.717, 1.165) is 37.0 Å². The Balaban J connectivity index is 2.50. The molecule has 15 heavy (non-hydrogen) atoms. The van der Waals surface area contributed by atoms with Gasteiger partial charge in [-0.05, 0) is 44.3 Å². The second-order valence-electron chi connectivity index (χ2n) is 3.59. The van der Waals surface area contributed by atoms with Crippen LogP contribution in [0.3, 0.4) is 0 Å². The van der Waals surface area contributed by atoms with Crippen LogP contribution in [-0.4, -0.2) is 33.5 Å². The monoisotopic (exact) mass is 206 g/mol. The Labute approximate surface area is 91.1 Å². The molecule has 82 valence electrons. The molecule has 1 aromatic carbocycles. The van der Waals surface area contributed by atoms with Gasteiger partial charge in [0.2, 0.25) is 0 Å². The Morgan fingerprint density at radius 1 is 1.33 bits per heavy atom. The molecule has 3 heteroatoms. The van der Waals surface area contributed by atoms with Crippen molar-refractivity contribution >= 4 is 12.0 Å². The molecule has 1 aromatic rings. The number of nitrogens with zero attached hydrogens (tertiary/aromatic N) is 1. The van der Waals surface area contributed by atoms with Crippen molar-refractivity contribution in [3.63, 3.8) is 0 Å². The summed E-state index contributed by atoms with van der Waals surface area (Å²) in [5.41, 5.74) is 1.87. The fraction of sp³-hybridized carbons (Fsp3) is 0.417. The van der Waals surface area contributed by atoms with E-state index in [1.807, 2.05) is 31.3 Å². The van der Waals surface area contributed by atoms with Crippen LogP contribution in [0, 0.1) is 0 Å². The van der Waals surface area contributed by atoms with Crippen LogP contribution in [0.15, 0.2) is 24.3 Å². The largest absolute Gasteiger partial charge is 0.375 e. The average Bonchev–Trinajstić information content (AvgIpc) is 2.29. The molecular weight excluding hydrogens is 188 g/mol. The van der Waals surface area contributed by atoms with Gasteiger partial charge in [0.1, 0.15) is 6.29 Å². The molecule has 0 atom stereocenters. The number of aldehydes is 1. The van der Waals surface area contributed by atoms with E-state index >= 15 is 0 Å². The van der Waals surface area contributed by atoms with Crippen LogP contribution in [0.4, 0.5) is 5.69 Å². The second kappa shape index (κ2) is 6.19. The molecule has 0 aliphatic heterocycles. The van der Waals surface area contributed by atoms with Gasteiger partial charge in [-0.2, -0.15) is 0 Å². The zero-order valence-corrected chi connectivity index (χ0v) is 9.36. The average molecular weight is 206 g/mol. The van der Waals surface area contributed by atoms with E-state index in [1.54, 1.807) is 0 Å². The summed E-state index contributed by atoms with van der Waals surface area (Å²) in [4.78, 5) is 12.7. The summed E-state index contributed by atoms with van der Waals surface area (Å²) in [6.07, 6.45) is 1.98. The van der Waals surface area contributed by atoms with Gasteiger partial charge in [0.15, 0.2) is 0 Å². The zero-order chi connectivity index (χ0) is 11.1. The topological polar surface area (TPSA) is 32.3 Å². The standard InChI is InChI=1S/C12H18N2O/c1-13-8-3-9-14(2)12-6-4-11(10-15)5-7-12/h4-7,10,13H,3,8-9H2,1-2H3. The highest BCUT2D eigenvalue weighted by molar-refractivity contribution is 5.75. The Bertz CT molecular complexity index is 295. The fourth-order valence-corrected chi connectivity index (χ4v) is 1.43. The lowest BCUT2D eigenvalue weighted by molar-refractivity contribution is 0.112. The first-order valence-electron chi connectivity index (χ1n) is 5.19. The van der Waals surface area contributed by atoms with Crippen molar-refractivity contribution in [3.8, 4) is 0 Å². The van der Waals surface area contributed by atoms with Crippen molar-refractivity contribution in [1.82, 2.24) is 5.32 Å². The van der Waals surface area contributed by atoms with Crippen LogP contribution >= 0.6 is 0 Å². The summed E-state index contributed by atoms with van der Waals surface area (Å²) >= 11 is 0. The quantitative estimate of drug-likeness (QED) is 0.566. The highest BCUT2D eigenvalue weighted by Crippen LogP contribution is 2.12. The lowest BCUT2D eigenvalue weighted by Crippen LogP contribution is -2.22. The van der Waals surface area contributed by atoms with E-state index in [0.29, 0.717) is 0 Å². The summed E-state index contributed by atoms with van der Waals surface area (Å²) in [6, 6.07) is 7.64. The van der Waals surface area contributed by atoms with Crippen molar-refractivity contribution in [2.24, 2.45) is 0 Å². The third kappa shape index (κ3) is 3.72. The second-order valence-corrected chi connectivity index (χ2v) is 3.59. The van der Waals surface area contributed by atoms with Crippen molar-refractivity contribution in [2.45, 2.75) is 6.42 Å². The van der Waals surface area contributed by atoms with E-state index in [9.17, 15) is 4.79 Å². The van der Waals surface area contributed by atoms with Crippen molar-refractivity contribution in [1.29, 1.82) is 0 Å². The number of nitrogens with one attached hydrogen (secondary N) is 1. The summed E-state index contributed by atoms with van der Waals surface area (Å²) in [5, 5.41) is 3.12. The number of carbonyl (C=O) groups excluding carboxylic acids is 1. The van der Waals surface area contributed by atoms with Crippen LogP contribution in [0.2, 0.25) is 0 Å². The van der Waals surface area contributed by atoms with Gasteiger partial charge >= 0.3 is 0 Å². The summed E-state index contributed by atoms with van der Waals surface area (Å²) in [6.45, 7) is 2.04. The van der Waals surface area contributed by atoms with Gasteiger partial charge in [-0.3, -0.25) is 4.79 Å². The summed E-state index contributed by atoms with van der Waals surface area (Å²) in [7, 11) is 4.02. The van der Waals surface area contributed by atoms with Crippen LogP contribution in [-0.2, 0) is 0 Å². The van der Waals surface area contributed by atoms with Gasteiger partial charge in [0, 0.05) is 24.8 Å². The predicted octanol–water partition coefficient (Wildman–Crippen LogP) is 1.54. The lowest BCUT2D eigenvalue weighted by Gasteiger charge is -2.19. The summed E-state index contributed by atoms with van der Waals surface area (Å²) in [5.74, 6) is 0. The van der Waals surface area contributed by atoms with E-state index in [1.165, 1.54) is 0 Å². The molecule has 0 aromatic heterocycles. The van der Waals surface area contributed by atoms with Gasteiger partial charge in [-0.25, -0.2) is 0 Å². The smallest absolute Gasteiger partial charge is 0.150 e. The molecule has 0 heterocycles. The maximum absolute atomic E-state index is 10.5. The van der Waals surface area contributed by atoms with Crippen molar-refractivity contribution < 1.29 is 4.79 Å². The molecule has 0 aliphatic rings. The first-order chi connectivity index (χ1) is 7.27. The number of carbonyl (C=O) groups is 1. The minimum atomic E-state index is 0.724. The maximum Gasteiger partial charge on any atom is 0.150 e. The van der Waals surface area contributed by atoms with Gasteiger partial charge < -0.3 is 10.2 Å². The molecule has 0 fully saturated rings. The first kappa shape index (κ1) is 11.7. The van der Waals surface area contributed by atoms with Crippen LogP contribution < -0.4 is 10.2 Å². The minimum absolute atomic E-state index is 0.724. The van der Waals surface area contributed by atoms with Crippen LogP contribution in [0.5, 0.6) is 0 Å². The molecule has 1 N–H and O–H groups in total. The third-order valence-corrected chi connectivity index (χ3v) is 2.39. The normalized spacial score (nSPS) is 10.0. The molecule has 0 saturated heterocycles. The Morgan fingerprint density at radius 2 is 2.00 bits per heavy atom. The number of benzene rings is 1. The Morgan fingerprint density at radius 3 is 2.53 bits per heavy atom. The molecule has 0 aliphatic carbocycles. The van der Waals surface area contributed by atoms with E-state index in [-0.39, 0.29) is 0 Å². The molecule has 0 unspecified atom stereocenters. The number of hydrogen-bond acceptors (Lipinski definition) is 3. The van der Waals surface area contributed by atoms with E-state index < -0.39 is 0 Å². The lowest BCUT2D eigenvalue weighted by atomic mass is 10.2. The van der Waals surface area contributed by atoms with Crippen LogP contribution in [0.25, 0.3) is 0 Å². The molecule has 0 amide bonds. The molecule has 1 rings (SSSR count). The highest BCUT2D eigenvalue weighted by atomic mass is 16.1. The molecule has 0 spiro atoms. The molecule has 0 saturated carbocycles. The van der Waals surface area contributed by atoms with Gasteiger partial charge in [0.25, 0.3) is 0 Å². The Kier molecular flexibility index (Phi) is 4.84. The van der Waals surface area contributed by atoms with Gasteiger partial charge in [0.05, 0.1) is 0 Å². The molecule has 3 nitrogen and oxygen atoms in total. The van der Waals surface area contributed by atoms with E-state index in [2.05, 4.69) is 17.3 Å². The van der Waals surface area contributed by atoms with Gasteiger partial charge in [-0.1, -0.05) is 0 Å². The summed E-state index contributed by atoms with van der Waals surface area (Å²) < 4.78 is 0. The van der Waals surface area contributed by atoms with Crippen LogP contribution in [0.1, 0.15) is 16.8 Å². The van der Waals surface area contributed by atoms with Crippen molar-refractivity contribution in [3.05, 3.63) is 29.8 Å². The fourth-order valence-electron chi connectivity index (χ4n) is 1.43. The predicted molar refractivity (Wildman–Crippen MR) is 63.6 cm³/mol. The molecular formula is C12H18N2O. The third-order valence-electron chi connectivity index (χ3n) is 2.39. The highest BCUT2D eigenvalue weighted by Gasteiger charge is 1.99. The first-order valence-corrected chi connectivity index (χ1v) is 5.19. The molecule has 0 radical (unpaired) electrons. The SMILES string of the molecule is CNCCCN(C)c1ccc(C=O)cc1. The van der Waals surface area contributed by atoms with Crippen molar-refractivity contribution in [2.75, 3.05) is 32.1 Å². The maximum atomic E-state index is 10.5.